The molecule has 1 heteroatoms. The minimum absolute atomic E-state index is 1.10. The van der Waals surface area contributed by atoms with Gasteiger partial charge in [-0.05, 0) is 37.1 Å². The van der Waals surface area contributed by atoms with Crippen LogP contribution in [-0.4, -0.2) is 6.54 Å². The Morgan fingerprint density at radius 3 is 2.62 bits per heavy atom. The van der Waals surface area contributed by atoms with Crippen LogP contribution in [-0.2, 0) is 6.42 Å². The van der Waals surface area contributed by atoms with Crippen molar-refractivity contribution in [1.82, 2.24) is 0 Å². The summed E-state index contributed by atoms with van der Waals surface area (Å²) in [5, 5.41) is 0. The fourth-order valence-electron chi connectivity index (χ4n) is 2.41. The molecule has 0 aromatic heterocycles. The maximum Gasteiger partial charge on any atom is 0.0444 e. The molecule has 0 spiro atoms. The first-order valence-corrected chi connectivity index (χ1v) is 5.77. The van der Waals surface area contributed by atoms with Gasteiger partial charge in [0.25, 0.3) is 0 Å². The summed E-state index contributed by atoms with van der Waals surface area (Å²) in [5.41, 5.74) is 5.50. The Kier molecular flexibility index (Phi) is 2.17. The predicted octanol–water partition coefficient (Wildman–Crippen LogP) is 3.69. The molecule has 1 nitrogen and oxygen atoms in total. The van der Waals surface area contributed by atoms with Gasteiger partial charge >= 0.3 is 0 Å². The number of anilines is 2. The lowest BCUT2D eigenvalue weighted by Gasteiger charge is -2.19. The topological polar surface area (TPSA) is 3.24 Å². The van der Waals surface area contributed by atoms with Gasteiger partial charge < -0.3 is 4.90 Å². The number of hydrogen-bond donors (Lipinski definition) is 0. The Bertz CT molecular complexity index is 502. The third-order valence-corrected chi connectivity index (χ3v) is 3.20. The van der Waals surface area contributed by atoms with Gasteiger partial charge in [-0.25, -0.2) is 0 Å². The van der Waals surface area contributed by atoms with Crippen LogP contribution in [0.25, 0.3) is 0 Å². The summed E-state index contributed by atoms with van der Waals surface area (Å²) in [6.45, 7) is 3.26. The smallest absolute Gasteiger partial charge is 0.0444 e. The maximum atomic E-state index is 2.40. The summed E-state index contributed by atoms with van der Waals surface area (Å²) in [6, 6.07) is 17.4. The van der Waals surface area contributed by atoms with Crippen molar-refractivity contribution in [3.8, 4) is 0 Å². The van der Waals surface area contributed by atoms with Crippen LogP contribution < -0.4 is 4.90 Å². The second-order valence-electron chi connectivity index (χ2n) is 4.37. The highest BCUT2D eigenvalue weighted by Gasteiger charge is 2.19. The molecule has 0 saturated carbocycles. The Hall–Kier alpha value is -1.76. The van der Waals surface area contributed by atoms with Crippen molar-refractivity contribution in [3.63, 3.8) is 0 Å². The van der Waals surface area contributed by atoms with E-state index in [1.54, 1.807) is 0 Å². The van der Waals surface area contributed by atoms with Gasteiger partial charge in [0.05, 0.1) is 0 Å². The third kappa shape index (κ3) is 1.49. The van der Waals surface area contributed by atoms with Crippen LogP contribution in [0.4, 0.5) is 11.4 Å². The molecule has 0 bridgehead atoms. The molecule has 0 amide bonds. The van der Waals surface area contributed by atoms with Gasteiger partial charge in [0, 0.05) is 17.9 Å². The average molecular weight is 209 g/mol. The Labute approximate surface area is 96.3 Å². The molecule has 1 aliphatic heterocycles. The molecule has 0 N–H and O–H groups in total. The molecule has 2 aromatic carbocycles. The first kappa shape index (κ1) is 9.46. The second-order valence-corrected chi connectivity index (χ2v) is 4.37. The lowest BCUT2D eigenvalue weighted by Crippen LogP contribution is -2.12. The zero-order valence-electron chi connectivity index (χ0n) is 9.48. The molecule has 16 heavy (non-hydrogen) atoms. The van der Waals surface area contributed by atoms with Gasteiger partial charge in [-0.15, -0.1) is 0 Å². The second kappa shape index (κ2) is 3.67. The molecular weight excluding hydrogens is 194 g/mol. The fourth-order valence-corrected chi connectivity index (χ4v) is 2.41. The number of rotatable bonds is 1. The standard InChI is InChI=1S/C15H15N/c1-12-7-8-15-13(11-12)9-10-16(15)14-5-3-2-4-6-14/h2-8,11H,9-10H2,1H3. The van der Waals surface area contributed by atoms with E-state index in [2.05, 4.69) is 60.4 Å². The molecule has 0 radical (unpaired) electrons. The highest BCUT2D eigenvalue weighted by atomic mass is 15.2. The van der Waals surface area contributed by atoms with Crippen molar-refractivity contribution in [2.24, 2.45) is 0 Å². The summed E-state index contributed by atoms with van der Waals surface area (Å²) in [4.78, 5) is 2.40. The maximum absolute atomic E-state index is 2.40. The van der Waals surface area contributed by atoms with Crippen LogP contribution in [0.5, 0.6) is 0 Å². The van der Waals surface area contributed by atoms with Crippen LogP contribution in [0.1, 0.15) is 11.1 Å². The van der Waals surface area contributed by atoms with Crippen LogP contribution >= 0.6 is 0 Å². The molecule has 0 aliphatic carbocycles. The molecule has 0 saturated heterocycles. The van der Waals surface area contributed by atoms with E-state index in [0.29, 0.717) is 0 Å². The highest BCUT2D eigenvalue weighted by Crippen LogP contribution is 2.34. The zero-order chi connectivity index (χ0) is 11.0. The first-order valence-electron chi connectivity index (χ1n) is 5.77. The van der Waals surface area contributed by atoms with Crippen LogP contribution in [0.15, 0.2) is 48.5 Å². The lowest BCUT2D eigenvalue weighted by atomic mass is 10.1. The predicted molar refractivity (Wildman–Crippen MR) is 68.3 cm³/mol. The molecule has 1 aliphatic rings. The molecule has 2 aromatic rings. The van der Waals surface area contributed by atoms with Gasteiger partial charge in [0.2, 0.25) is 0 Å². The summed E-state index contributed by atoms with van der Waals surface area (Å²) < 4.78 is 0. The first-order chi connectivity index (χ1) is 7.84. The van der Waals surface area contributed by atoms with Gasteiger partial charge in [-0.1, -0.05) is 35.9 Å². The van der Waals surface area contributed by atoms with E-state index in [1.165, 1.54) is 22.5 Å². The van der Waals surface area contributed by atoms with Crippen LogP contribution in [0.3, 0.4) is 0 Å². The zero-order valence-corrected chi connectivity index (χ0v) is 9.48. The van der Waals surface area contributed by atoms with Crippen LogP contribution in [0.2, 0.25) is 0 Å². The van der Waals surface area contributed by atoms with E-state index in [9.17, 15) is 0 Å². The van der Waals surface area contributed by atoms with E-state index in [1.807, 2.05) is 0 Å². The van der Waals surface area contributed by atoms with Crippen molar-refractivity contribution in [1.29, 1.82) is 0 Å². The molecular formula is C15H15N. The Morgan fingerprint density at radius 1 is 1.00 bits per heavy atom. The highest BCUT2D eigenvalue weighted by molar-refractivity contribution is 5.70. The minimum Gasteiger partial charge on any atom is -0.341 e. The average Bonchev–Trinajstić information content (AvgIpc) is 2.73. The summed E-state index contributed by atoms with van der Waals surface area (Å²) in [7, 11) is 0. The van der Waals surface area contributed by atoms with Crippen molar-refractivity contribution in [2.75, 3.05) is 11.4 Å². The molecule has 1 heterocycles. The lowest BCUT2D eigenvalue weighted by molar-refractivity contribution is 0.998. The van der Waals surface area contributed by atoms with Crippen LogP contribution in [0, 0.1) is 6.92 Å². The Balaban J connectivity index is 2.04. The molecule has 0 unspecified atom stereocenters. The van der Waals surface area contributed by atoms with Gasteiger partial charge in [-0.2, -0.15) is 0 Å². The van der Waals surface area contributed by atoms with Crippen molar-refractivity contribution >= 4 is 11.4 Å². The molecule has 0 atom stereocenters. The summed E-state index contributed by atoms with van der Waals surface area (Å²) in [6.07, 6.45) is 1.16. The minimum atomic E-state index is 1.10. The summed E-state index contributed by atoms with van der Waals surface area (Å²) in [5.74, 6) is 0. The van der Waals surface area contributed by atoms with Crippen molar-refractivity contribution < 1.29 is 0 Å². The monoisotopic (exact) mass is 209 g/mol. The Morgan fingerprint density at radius 2 is 1.81 bits per heavy atom. The van der Waals surface area contributed by atoms with Gasteiger partial charge in [0.15, 0.2) is 0 Å². The fraction of sp³-hybridized carbons (Fsp3) is 0.200. The van der Waals surface area contributed by atoms with E-state index in [4.69, 9.17) is 0 Å². The van der Waals surface area contributed by atoms with E-state index >= 15 is 0 Å². The number of hydrogen-bond acceptors (Lipinski definition) is 1. The van der Waals surface area contributed by atoms with Gasteiger partial charge in [-0.3, -0.25) is 0 Å². The largest absolute Gasteiger partial charge is 0.341 e. The van der Waals surface area contributed by atoms with Gasteiger partial charge in [0.1, 0.15) is 0 Å². The number of benzene rings is 2. The summed E-state index contributed by atoms with van der Waals surface area (Å²) >= 11 is 0. The van der Waals surface area contributed by atoms with Crippen molar-refractivity contribution in [2.45, 2.75) is 13.3 Å². The molecule has 80 valence electrons. The number of para-hydroxylation sites is 1. The number of nitrogens with zero attached hydrogens (tertiary/aromatic N) is 1. The molecule has 3 rings (SSSR count). The third-order valence-electron chi connectivity index (χ3n) is 3.20. The normalized spacial score (nSPS) is 13.9. The van der Waals surface area contributed by atoms with E-state index < -0.39 is 0 Å². The SMILES string of the molecule is Cc1ccc2c(c1)CCN2c1ccccc1. The molecule has 0 fully saturated rings. The van der Waals surface area contributed by atoms with Crippen molar-refractivity contribution in [3.05, 3.63) is 59.7 Å². The van der Waals surface area contributed by atoms with E-state index in [0.717, 1.165) is 13.0 Å². The number of aryl methyl sites for hydroxylation is 1. The number of fused-ring (bicyclic) bond motifs is 1. The van der Waals surface area contributed by atoms with E-state index in [-0.39, 0.29) is 0 Å². The quantitative estimate of drug-likeness (QED) is 0.692.